The maximum Gasteiger partial charge on any atom is 0.387 e. The molecule has 1 saturated heterocycles. The number of carboxylic acids is 1. The zero-order valence-electron chi connectivity index (χ0n) is 11.9. The molecule has 0 aliphatic carbocycles. The van der Waals surface area contributed by atoms with E-state index in [0.29, 0.717) is 0 Å². The van der Waals surface area contributed by atoms with Crippen molar-refractivity contribution in [1.29, 1.82) is 0 Å². The highest BCUT2D eigenvalue weighted by Gasteiger charge is 2.40. The topological polar surface area (TPSA) is 83.9 Å². The van der Waals surface area contributed by atoms with Gasteiger partial charge in [-0.05, 0) is 24.1 Å². The molecular weight excluding hydrogens is 356 g/mol. The fourth-order valence-electron chi connectivity index (χ4n) is 2.42. The molecule has 1 aliphatic heterocycles. The summed E-state index contributed by atoms with van der Waals surface area (Å²) in [5.74, 6) is -2.52. The van der Waals surface area contributed by atoms with Crippen LogP contribution in [0.25, 0.3) is 0 Å². The number of alkyl halides is 2. The van der Waals surface area contributed by atoms with Gasteiger partial charge in [0.25, 0.3) is 0 Å². The Morgan fingerprint density at radius 1 is 1.43 bits per heavy atom. The van der Waals surface area contributed by atoms with Crippen molar-refractivity contribution in [3.05, 3.63) is 23.2 Å². The number of nitrogens with zero attached hydrogens (tertiary/aromatic N) is 1. The molecule has 10 heteroatoms. The maximum atomic E-state index is 12.5. The van der Waals surface area contributed by atoms with Gasteiger partial charge in [0.2, 0.25) is 10.0 Å². The van der Waals surface area contributed by atoms with E-state index in [4.69, 9.17) is 16.7 Å². The predicted octanol–water partition coefficient (Wildman–Crippen LogP) is 2.28. The summed E-state index contributed by atoms with van der Waals surface area (Å²) in [6, 6.07) is 3.14. The highest BCUT2D eigenvalue weighted by atomic mass is 35.5. The van der Waals surface area contributed by atoms with Crippen molar-refractivity contribution in [3.8, 4) is 5.75 Å². The van der Waals surface area contributed by atoms with E-state index in [0.717, 1.165) is 22.5 Å². The first-order valence-corrected chi connectivity index (χ1v) is 8.42. The van der Waals surface area contributed by atoms with Gasteiger partial charge in [0, 0.05) is 13.1 Å². The third kappa shape index (κ3) is 3.73. The molecule has 1 aliphatic rings. The average molecular weight is 370 g/mol. The van der Waals surface area contributed by atoms with Crippen LogP contribution in [-0.4, -0.2) is 43.5 Å². The molecular formula is C13H14ClF2NO5S. The molecule has 2 rings (SSSR count). The van der Waals surface area contributed by atoms with Crippen LogP contribution < -0.4 is 4.74 Å². The first-order chi connectivity index (χ1) is 10.6. The quantitative estimate of drug-likeness (QED) is 0.860. The molecule has 6 nitrogen and oxygen atoms in total. The Morgan fingerprint density at radius 3 is 2.57 bits per heavy atom. The largest absolute Gasteiger partial charge is 0.481 e. The number of carbonyl (C=O) groups is 1. The molecule has 1 aromatic rings. The summed E-state index contributed by atoms with van der Waals surface area (Å²) in [6.45, 7) is -1.51. The highest BCUT2D eigenvalue weighted by molar-refractivity contribution is 7.89. The number of carboxylic acid groups (broad SMARTS) is 1. The number of halogens is 3. The van der Waals surface area contributed by atoms with Crippen LogP contribution in [0.3, 0.4) is 0 Å². The molecule has 0 aromatic heterocycles. The summed E-state index contributed by atoms with van der Waals surface area (Å²) in [7, 11) is -3.96. The Balaban J connectivity index is 2.27. The van der Waals surface area contributed by atoms with Gasteiger partial charge in [-0.2, -0.15) is 13.1 Å². The molecule has 2 atom stereocenters. The van der Waals surface area contributed by atoms with Crippen molar-refractivity contribution in [2.75, 3.05) is 13.1 Å². The van der Waals surface area contributed by atoms with Crippen LogP contribution in [0.1, 0.15) is 6.92 Å². The number of benzene rings is 1. The lowest BCUT2D eigenvalue weighted by molar-refractivity contribution is -0.142. The zero-order chi connectivity index (χ0) is 17.4. The number of ether oxygens (including phenoxy) is 1. The van der Waals surface area contributed by atoms with Crippen molar-refractivity contribution in [1.82, 2.24) is 4.31 Å². The van der Waals surface area contributed by atoms with Crippen LogP contribution >= 0.6 is 11.6 Å². The monoisotopic (exact) mass is 369 g/mol. The second-order valence-corrected chi connectivity index (χ2v) is 7.56. The Hall–Kier alpha value is -1.45. The van der Waals surface area contributed by atoms with Crippen LogP contribution in [0.15, 0.2) is 23.1 Å². The van der Waals surface area contributed by atoms with E-state index < -0.39 is 28.5 Å². The highest BCUT2D eigenvalue weighted by Crippen LogP contribution is 2.33. The predicted molar refractivity (Wildman–Crippen MR) is 77.1 cm³/mol. The zero-order valence-corrected chi connectivity index (χ0v) is 13.5. The van der Waals surface area contributed by atoms with E-state index in [9.17, 15) is 22.0 Å². The lowest BCUT2D eigenvalue weighted by Gasteiger charge is -2.17. The maximum absolute atomic E-state index is 12.5. The summed E-state index contributed by atoms with van der Waals surface area (Å²) < 4.78 is 54.6. The lowest BCUT2D eigenvalue weighted by atomic mass is 9.99. The molecule has 1 aromatic carbocycles. The van der Waals surface area contributed by atoms with E-state index >= 15 is 0 Å². The fraction of sp³-hybridized carbons (Fsp3) is 0.462. The molecule has 0 amide bonds. The molecule has 1 fully saturated rings. The summed E-state index contributed by atoms with van der Waals surface area (Å²) in [6.07, 6.45) is 0. The smallest absolute Gasteiger partial charge is 0.387 e. The van der Waals surface area contributed by atoms with Crippen LogP contribution in [0, 0.1) is 11.8 Å². The van der Waals surface area contributed by atoms with Gasteiger partial charge in [-0.3, -0.25) is 4.79 Å². The van der Waals surface area contributed by atoms with E-state index in [1.54, 1.807) is 6.92 Å². The van der Waals surface area contributed by atoms with Crippen molar-refractivity contribution < 1.29 is 31.8 Å². The van der Waals surface area contributed by atoms with Crippen molar-refractivity contribution >= 4 is 27.6 Å². The molecule has 0 spiro atoms. The molecule has 1 N–H and O–H groups in total. The van der Waals surface area contributed by atoms with Gasteiger partial charge in [0.05, 0.1) is 15.8 Å². The summed E-state index contributed by atoms with van der Waals surface area (Å²) in [5, 5.41) is 8.80. The number of rotatable bonds is 5. The Morgan fingerprint density at radius 2 is 2.09 bits per heavy atom. The van der Waals surface area contributed by atoms with Crippen LogP contribution in [0.2, 0.25) is 5.02 Å². The summed E-state index contributed by atoms with van der Waals surface area (Å²) >= 11 is 5.76. The molecule has 128 valence electrons. The molecule has 0 radical (unpaired) electrons. The standard InChI is InChI=1S/C13H14ClF2NO5S/c1-7-5-17(6-9(7)12(18)19)23(20,21)8-2-3-11(10(14)4-8)22-13(15)16/h2-4,7,9,13H,5-6H2,1H3,(H,18,19)/t7-,9-/m1/s1. The van der Waals surface area contributed by atoms with Gasteiger partial charge in [-0.15, -0.1) is 0 Å². The van der Waals surface area contributed by atoms with Crippen LogP contribution in [-0.2, 0) is 14.8 Å². The van der Waals surface area contributed by atoms with E-state index in [2.05, 4.69) is 4.74 Å². The van der Waals surface area contributed by atoms with Gasteiger partial charge in [0.1, 0.15) is 5.75 Å². The Bertz CT molecular complexity index is 712. The van der Waals surface area contributed by atoms with Gasteiger partial charge >= 0.3 is 12.6 Å². The van der Waals surface area contributed by atoms with Crippen LogP contribution in [0.4, 0.5) is 8.78 Å². The lowest BCUT2D eigenvalue weighted by Crippen LogP contribution is -2.30. The average Bonchev–Trinajstić information content (AvgIpc) is 2.83. The first-order valence-electron chi connectivity index (χ1n) is 6.60. The minimum absolute atomic E-state index is 0.0617. The normalized spacial score (nSPS) is 22.5. The number of hydrogen-bond donors (Lipinski definition) is 1. The summed E-state index contributed by atoms with van der Waals surface area (Å²) in [4.78, 5) is 10.9. The molecule has 0 bridgehead atoms. The van der Waals surface area contributed by atoms with E-state index in [-0.39, 0.29) is 34.7 Å². The van der Waals surface area contributed by atoms with Crippen molar-refractivity contribution in [3.63, 3.8) is 0 Å². The second kappa shape index (κ2) is 6.58. The van der Waals surface area contributed by atoms with E-state index in [1.807, 2.05) is 0 Å². The van der Waals surface area contributed by atoms with Gasteiger partial charge in [-0.1, -0.05) is 18.5 Å². The van der Waals surface area contributed by atoms with E-state index in [1.165, 1.54) is 0 Å². The van der Waals surface area contributed by atoms with Gasteiger partial charge in [0.15, 0.2) is 0 Å². The molecule has 0 unspecified atom stereocenters. The summed E-state index contributed by atoms with van der Waals surface area (Å²) in [5.41, 5.74) is 0. The van der Waals surface area contributed by atoms with Crippen molar-refractivity contribution in [2.24, 2.45) is 11.8 Å². The minimum atomic E-state index is -3.96. The van der Waals surface area contributed by atoms with Gasteiger partial charge < -0.3 is 9.84 Å². The second-order valence-electron chi connectivity index (χ2n) is 5.21. The SMILES string of the molecule is C[C@@H]1CN(S(=O)(=O)c2ccc(OC(F)F)c(Cl)c2)C[C@H]1C(=O)O. The Kier molecular flexibility index (Phi) is 5.12. The third-order valence-electron chi connectivity index (χ3n) is 3.65. The van der Waals surface area contributed by atoms with Crippen LogP contribution in [0.5, 0.6) is 5.75 Å². The number of sulfonamides is 1. The minimum Gasteiger partial charge on any atom is -0.481 e. The first kappa shape index (κ1) is 17.9. The van der Waals surface area contributed by atoms with Gasteiger partial charge in [-0.25, -0.2) is 8.42 Å². The third-order valence-corrected chi connectivity index (χ3v) is 5.78. The van der Waals surface area contributed by atoms with Crippen molar-refractivity contribution in [2.45, 2.75) is 18.4 Å². The number of hydrogen-bond acceptors (Lipinski definition) is 4. The Labute approximate surface area is 136 Å². The molecule has 1 heterocycles. The molecule has 0 saturated carbocycles. The fourth-order valence-corrected chi connectivity index (χ4v) is 4.31. The molecule has 23 heavy (non-hydrogen) atoms. The number of aliphatic carboxylic acids is 1.